The van der Waals surface area contributed by atoms with Gasteiger partial charge in [0.05, 0.1) is 25.4 Å². The van der Waals surface area contributed by atoms with Gasteiger partial charge in [-0.2, -0.15) is 0 Å². The Bertz CT molecular complexity index is 1420. The van der Waals surface area contributed by atoms with Gasteiger partial charge in [-0.3, -0.25) is 33.6 Å². The number of nitrogens with two attached hydrogens (primary N) is 1. The Balaban J connectivity index is 1.29. The fourth-order valence-electron chi connectivity index (χ4n) is 11.5. The number of nitrogens with zero attached hydrogens (tertiary/aromatic N) is 1. The van der Waals surface area contributed by atoms with Gasteiger partial charge in [0, 0.05) is 63.0 Å². The summed E-state index contributed by atoms with van der Waals surface area (Å²) in [5.74, 6) is -2.46. The molecule has 13 nitrogen and oxygen atoms in total. The van der Waals surface area contributed by atoms with Crippen molar-refractivity contribution in [2.45, 2.75) is 167 Å². The van der Waals surface area contributed by atoms with E-state index in [4.69, 9.17) is 19.9 Å². The average Bonchev–Trinajstić information content (AvgIpc) is 3.63. The maximum absolute atomic E-state index is 15.0. The molecule has 3 N–H and O–H groups in total. The molecule has 1 heterocycles. The summed E-state index contributed by atoms with van der Waals surface area (Å²) in [7, 11) is 1.58. The number of rotatable bonds is 26. The Kier molecular flexibility index (Phi) is 17.5. The zero-order chi connectivity index (χ0) is 41.8. The van der Waals surface area contributed by atoms with E-state index in [1.807, 2.05) is 13.8 Å². The van der Waals surface area contributed by atoms with Gasteiger partial charge >= 0.3 is 0 Å². The van der Waals surface area contributed by atoms with Crippen LogP contribution in [0.1, 0.15) is 149 Å². The van der Waals surface area contributed by atoms with Crippen molar-refractivity contribution in [2.75, 3.05) is 33.7 Å². The van der Waals surface area contributed by atoms with Crippen molar-refractivity contribution >= 4 is 40.9 Å². The molecule has 13 heteroatoms. The first-order valence-electron chi connectivity index (χ1n) is 22.6. The van der Waals surface area contributed by atoms with E-state index >= 15 is 0 Å². The minimum atomic E-state index is -0.905. The van der Waals surface area contributed by atoms with Crippen molar-refractivity contribution in [1.29, 1.82) is 0 Å². The molecule has 5 saturated carbocycles. The third-order valence-corrected chi connectivity index (χ3v) is 14.1. The molecule has 326 valence electrons. The Morgan fingerprint density at radius 2 is 1.50 bits per heavy atom. The number of hydrogen-bond acceptors (Lipinski definition) is 10. The second-order valence-electron chi connectivity index (χ2n) is 18.5. The minimum Gasteiger partial charge on any atom is -0.382 e. The fraction of sp³-hybridized carbons (Fsp3) is 0.844. The second-order valence-corrected chi connectivity index (χ2v) is 18.5. The van der Waals surface area contributed by atoms with E-state index in [2.05, 4.69) is 5.32 Å². The van der Waals surface area contributed by atoms with Gasteiger partial charge in [-0.05, 0) is 87.9 Å². The average molecular weight is 814 g/mol. The van der Waals surface area contributed by atoms with E-state index in [0.717, 1.165) is 57.8 Å². The Hall–Kier alpha value is -3.03. The normalized spacial score (nSPS) is 28.2. The minimum absolute atomic E-state index is 0.0364. The lowest BCUT2D eigenvalue weighted by Crippen LogP contribution is -2.52. The van der Waals surface area contributed by atoms with Crippen LogP contribution in [0.15, 0.2) is 0 Å². The maximum Gasteiger partial charge on any atom is 0.239 e. The Morgan fingerprint density at radius 1 is 0.828 bits per heavy atom. The number of unbranched alkanes of at least 4 members (excludes halogenated alkanes) is 1. The summed E-state index contributed by atoms with van der Waals surface area (Å²) in [5, 5.41) is 2.57. The Labute approximate surface area is 345 Å². The molecule has 3 unspecified atom stereocenters. The monoisotopic (exact) mass is 814 g/mol. The molecule has 5 atom stereocenters. The number of ether oxygens (including phenoxy) is 3. The molecule has 1 aliphatic heterocycles. The molecule has 6 aliphatic rings. The molecule has 0 aromatic heterocycles. The highest BCUT2D eigenvalue weighted by Crippen LogP contribution is 2.61. The third kappa shape index (κ3) is 12.0. The van der Waals surface area contributed by atoms with Crippen LogP contribution in [-0.2, 0) is 47.8 Å². The molecule has 0 aromatic rings. The lowest BCUT2D eigenvalue weighted by molar-refractivity contribution is -0.152. The lowest BCUT2D eigenvalue weighted by atomic mass is 9.48. The van der Waals surface area contributed by atoms with Gasteiger partial charge in [0.1, 0.15) is 18.6 Å². The molecule has 0 aromatic carbocycles. The fourth-order valence-corrected chi connectivity index (χ4v) is 11.5. The van der Waals surface area contributed by atoms with Crippen LogP contribution in [0.3, 0.4) is 0 Å². The molecule has 6 rings (SSSR count). The molecular weight excluding hydrogens is 743 g/mol. The standard InChI is InChI=1S/C45H71N3O10/c1-4-6-13-36(43(46)54)47-41(52)15-14-38(49)42(53)33(10-5-2)21-39(50)37-22-34(58-28-57-17-16-56-3)27-48(37)44(55)35(32-11-8-7-9-12-32)23-40(51)45-24-29-18-30(25-45)20-31(19-29)26-45/h29-37H,4-28H2,1-3H3,(H2,46,54)(H,47,52)/t29?,30?,31?,33?,34-,35?,36?,37+,45?/m1/s1. The van der Waals surface area contributed by atoms with Gasteiger partial charge < -0.3 is 30.2 Å². The first-order valence-corrected chi connectivity index (χ1v) is 22.6. The molecule has 6 fully saturated rings. The van der Waals surface area contributed by atoms with E-state index in [0.29, 0.717) is 56.7 Å². The van der Waals surface area contributed by atoms with Crippen LogP contribution in [0.5, 0.6) is 0 Å². The molecule has 1 saturated heterocycles. The number of carbonyl (C=O) groups excluding carboxylic acids is 7. The van der Waals surface area contributed by atoms with E-state index in [9.17, 15) is 33.6 Å². The van der Waals surface area contributed by atoms with Crippen LogP contribution in [0, 0.1) is 40.9 Å². The first-order chi connectivity index (χ1) is 27.9. The van der Waals surface area contributed by atoms with E-state index in [1.54, 1.807) is 12.0 Å². The third-order valence-electron chi connectivity index (χ3n) is 14.1. The maximum atomic E-state index is 15.0. The first kappa shape index (κ1) is 46.0. The van der Waals surface area contributed by atoms with Crippen molar-refractivity contribution in [3.8, 4) is 0 Å². The van der Waals surface area contributed by atoms with Crippen LogP contribution in [0.2, 0.25) is 0 Å². The number of primary amides is 1. The zero-order valence-corrected chi connectivity index (χ0v) is 35.5. The topological polar surface area (TPSA) is 188 Å². The summed E-state index contributed by atoms with van der Waals surface area (Å²) in [6, 6.07) is -1.72. The Morgan fingerprint density at radius 3 is 2.10 bits per heavy atom. The van der Waals surface area contributed by atoms with Crippen molar-refractivity contribution in [3.63, 3.8) is 0 Å². The molecule has 0 spiro atoms. The molecule has 3 amide bonds. The van der Waals surface area contributed by atoms with Crippen LogP contribution in [0.4, 0.5) is 0 Å². The smallest absolute Gasteiger partial charge is 0.239 e. The highest BCUT2D eigenvalue weighted by molar-refractivity contribution is 6.38. The number of Topliss-reactive ketones (excluding diaryl/α,β-unsaturated/α-hetero) is 4. The van der Waals surface area contributed by atoms with Crippen LogP contribution in [0.25, 0.3) is 0 Å². The van der Waals surface area contributed by atoms with Crippen molar-refractivity contribution < 1.29 is 47.8 Å². The van der Waals surface area contributed by atoms with E-state index in [1.165, 1.54) is 19.3 Å². The largest absolute Gasteiger partial charge is 0.382 e. The second kappa shape index (κ2) is 22.0. The number of carbonyl (C=O) groups is 7. The summed E-state index contributed by atoms with van der Waals surface area (Å²) < 4.78 is 16.7. The van der Waals surface area contributed by atoms with Gasteiger partial charge in [0.25, 0.3) is 0 Å². The molecule has 0 radical (unpaired) electrons. The summed E-state index contributed by atoms with van der Waals surface area (Å²) >= 11 is 0. The SMILES string of the molecule is CCCCC(NC(=O)CCC(=O)C(=O)C(CCC)CC(=O)[C@@H]1C[C@@H](OCOCCOC)CN1C(=O)C(CC(=O)C12CC3CC(CC(C3)C1)C2)C1CCCCC1)C(N)=O. The quantitative estimate of drug-likeness (QED) is 0.0649. The highest BCUT2D eigenvalue weighted by atomic mass is 16.7. The number of hydrogen-bond donors (Lipinski definition) is 2. The van der Waals surface area contributed by atoms with Crippen molar-refractivity contribution in [1.82, 2.24) is 10.2 Å². The van der Waals surface area contributed by atoms with Gasteiger partial charge in [-0.25, -0.2) is 0 Å². The van der Waals surface area contributed by atoms with Gasteiger partial charge in [0.2, 0.25) is 23.5 Å². The van der Waals surface area contributed by atoms with Crippen LogP contribution in [-0.4, -0.2) is 97.6 Å². The number of likely N-dealkylation sites (tertiary alicyclic amines) is 1. The van der Waals surface area contributed by atoms with Crippen molar-refractivity contribution in [3.05, 3.63) is 0 Å². The summed E-state index contributed by atoms with van der Waals surface area (Å²) in [5.41, 5.74) is 5.12. The van der Waals surface area contributed by atoms with Gasteiger partial charge in [-0.15, -0.1) is 0 Å². The molecule has 5 aliphatic carbocycles. The van der Waals surface area contributed by atoms with Crippen molar-refractivity contribution in [2.24, 2.45) is 46.7 Å². The predicted molar refractivity (Wildman–Crippen MR) is 216 cm³/mol. The number of nitrogens with one attached hydrogen (secondary N) is 1. The highest BCUT2D eigenvalue weighted by Gasteiger charge is 2.55. The van der Waals surface area contributed by atoms with Gasteiger partial charge in [0.15, 0.2) is 11.6 Å². The zero-order valence-electron chi connectivity index (χ0n) is 35.5. The number of methoxy groups -OCH3 is 1. The summed E-state index contributed by atoms with van der Waals surface area (Å²) in [6.07, 6.45) is 13.2. The summed E-state index contributed by atoms with van der Waals surface area (Å²) in [4.78, 5) is 96.8. The number of amides is 3. The molecule has 4 bridgehead atoms. The molecular formula is C45H71N3O10. The van der Waals surface area contributed by atoms with E-state index in [-0.39, 0.29) is 74.2 Å². The predicted octanol–water partition coefficient (Wildman–Crippen LogP) is 5.42. The molecule has 58 heavy (non-hydrogen) atoms. The lowest BCUT2D eigenvalue weighted by Gasteiger charge is -2.56. The van der Waals surface area contributed by atoms with Crippen LogP contribution >= 0.6 is 0 Å². The van der Waals surface area contributed by atoms with Crippen LogP contribution < -0.4 is 11.1 Å². The number of ketones is 4. The summed E-state index contributed by atoms with van der Waals surface area (Å²) in [6.45, 7) is 4.68. The van der Waals surface area contributed by atoms with E-state index < -0.39 is 53.4 Å². The van der Waals surface area contributed by atoms with Gasteiger partial charge in [-0.1, -0.05) is 52.4 Å².